The van der Waals surface area contributed by atoms with Gasteiger partial charge in [0.05, 0.1) is 29.6 Å². The molecule has 4 rings (SSSR count). The summed E-state index contributed by atoms with van der Waals surface area (Å²) in [5.74, 6) is -0.165. The van der Waals surface area contributed by atoms with Gasteiger partial charge < -0.3 is 14.5 Å². The Morgan fingerprint density at radius 2 is 1.68 bits per heavy atom. The Bertz CT molecular complexity index is 1050. The molecule has 0 aliphatic carbocycles. The van der Waals surface area contributed by atoms with Gasteiger partial charge in [-0.25, -0.2) is 8.42 Å². The monoisotopic (exact) mass is 463 g/mol. The molecule has 2 aromatic carbocycles. The molecule has 2 heterocycles. The highest BCUT2D eigenvalue weighted by atomic mass is 35.5. The van der Waals surface area contributed by atoms with Crippen LogP contribution in [0.15, 0.2) is 47.4 Å². The van der Waals surface area contributed by atoms with Crippen LogP contribution in [0.5, 0.6) is 0 Å². The molecule has 2 fully saturated rings. The smallest absolute Gasteiger partial charge is 0.263 e. The number of amides is 1. The minimum absolute atomic E-state index is 0.0755. The van der Waals surface area contributed by atoms with Crippen molar-refractivity contribution in [3.05, 3.63) is 53.1 Å². The molecule has 2 aliphatic rings. The molecule has 2 saturated heterocycles. The third kappa shape index (κ3) is 4.97. The molecular formula is C22H26ClN3O4S. The van der Waals surface area contributed by atoms with E-state index in [4.69, 9.17) is 16.3 Å². The number of likely N-dealkylation sites (tertiary alicyclic amines) is 1. The van der Waals surface area contributed by atoms with Gasteiger partial charge in [-0.2, -0.15) is 0 Å². The maximum absolute atomic E-state index is 13.2. The summed E-state index contributed by atoms with van der Waals surface area (Å²) in [7, 11) is -4.00. The lowest BCUT2D eigenvalue weighted by molar-refractivity contribution is 0.0724. The number of rotatable bonds is 5. The first-order valence-electron chi connectivity index (χ1n) is 10.5. The average molecular weight is 464 g/mol. The van der Waals surface area contributed by atoms with Crippen molar-refractivity contribution in [1.82, 2.24) is 4.90 Å². The largest absolute Gasteiger partial charge is 0.378 e. The molecule has 0 bridgehead atoms. The summed E-state index contributed by atoms with van der Waals surface area (Å²) in [5, 5.41) is 0.0755. The summed E-state index contributed by atoms with van der Waals surface area (Å²) in [6.07, 6.45) is 3.03. The van der Waals surface area contributed by atoms with Crippen molar-refractivity contribution < 1.29 is 17.9 Å². The fourth-order valence-electron chi connectivity index (χ4n) is 3.96. The first kappa shape index (κ1) is 21.9. The number of sulfonamides is 1. The van der Waals surface area contributed by atoms with Crippen LogP contribution in [-0.4, -0.2) is 58.6 Å². The third-order valence-corrected chi connectivity index (χ3v) is 7.46. The highest BCUT2D eigenvalue weighted by Crippen LogP contribution is 2.31. The Kier molecular flexibility index (Phi) is 6.69. The number of morpholine rings is 1. The van der Waals surface area contributed by atoms with E-state index >= 15 is 0 Å². The molecule has 31 heavy (non-hydrogen) atoms. The number of carbonyl (C=O) groups is 1. The average Bonchev–Trinajstić information content (AvgIpc) is 2.80. The zero-order valence-electron chi connectivity index (χ0n) is 17.2. The van der Waals surface area contributed by atoms with Gasteiger partial charge in [-0.05, 0) is 49.6 Å². The number of halogens is 1. The number of hydrogen-bond donors (Lipinski definition) is 1. The molecule has 1 N–H and O–H groups in total. The minimum Gasteiger partial charge on any atom is -0.378 e. The minimum atomic E-state index is -4.00. The summed E-state index contributed by atoms with van der Waals surface area (Å²) in [5.41, 5.74) is 1.58. The molecular weight excluding hydrogens is 438 g/mol. The Morgan fingerprint density at radius 1 is 0.968 bits per heavy atom. The van der Waals surface area contributed by atoms with Crippen LogP contribution in [0.25, 0.3) is 0 Å². The second-order valence-corrected chi connectivity index (χ2v) is 9.78. The predicted molar refractivity (Wildman–Crippen MR) is 121 cm³/mol. The van der Waals surface area contributed by atoms with Gasteiger partial charge in [-0.1, -0.05) is 23.7 Å². The van der Waals surface area contributed by atoms with Crippen LogP contribution in [-0.2, 0) is 14.8 Å². The van der Waals surface area contributed by atoms with Crippen LogP contribution >= 0.6 is 11.6 Å². The van der Waals surface area contributed by atoms with Crippen molar-refractivity contribution in [3.8, 4) is 0 Å². The second-order valence-electron chi connectivity index (χ2n) is 7.72. The number of carbonyl (C=O) groups excluding carboxylic acids is 1. The van der Waals surface area contributed by atoms with E-state index < -0.39 is 10.0 Å². The number of nitrogens with one attached hydrogen (secondary N) is 1. The topological polar surface area (TPSA) is 79.0 Å². The van der Waals surface area contributed by atoms with Crippen molar-refractivity contribution in [2.45, 2.75) is 24.2 Å². The van der Waals surface area contributed by atoms with Gasteiger partial charge in [-0.15, -0.1) is 0 Å². The van der Waals surface area contributed by atoms with E-state index in [1.807, 2.05) is 12.1 Å². The second kappa shape index (κ2) is 9.46. The molecule has 0 atom stereocenters. The fourth-order valence-corrected chi connectivity index (χ4v) is 5.56. The molecule has 0 spiro atoms. The number of piperidine rings is 1. The Morgan fingerprint density at radius 3 is 2.42 bits per heavy atom. The van der Waals surface area contributed by atoms with E-state index in [0.29, 0.717) is 50.6 Å². The number of ether oxygens (including phenoxy) is 1. The predicted octanol–water partition coefficient (Wildman–Crippen LogP) is 3.60. The van der Waals surface area contributed by atoms with Gasteiger partial charge in [0.15, 0.2) is 0 Å². The van der Waals surface area contributed by atoms with Crippen molar-refractivity contribution in [2.75, 3.05) is 49.0 Å². The van der Waals surface area contributed by atoms with E-state index in [1.54, 1.807) is 23.1 Å². The van der Waals surface area contributed by atoms with Gasteiger partial charge in [-0.3, -0.25) is 9.52 Å². The molecule has 1 amide bonds. The lowest BCUT2D eigenvalue weighted by Gasteiger charge is -2.30. The number of nitrogens with zero attached hydrogens (tertiary/aromatic N) is 2. The Labute approximate surface area is 188 Å². The zero-order chi connectivity index (χ0) is 21.8. The van der Waals surface area contributed by atoms with Crippen molar-refractivity contribution in [2.24, 2.45) is 0 Å². The molecule has 2 aromatic rings. The first-order valence-corrected chi connectivity index (χ1v) is 12.4. The maximum Gasteiger partial charge on any atom is 0.263 e. The molecule has 0 radical (unpaired) electrons. The molecule has 0 saturated carbocycles. The highest BCUT2D eigenvalue weighted by Gasteiger charge is 2.25. The maximum atomic E-state index is 13.2. The fraction of sp³-hybridized carbons (Fsp3) is 0.409. The van der Waals surface area contributed by atoms with Gasteiger partial charge in [0.25, 0.3) is 15.9 Å². The van der Waals surface area contributed by atoms with Crippen molar-refractivity contribution >= 4 is 38.9 Å². The van der Waals surface area contributed by atoms with E-state index in [-0.39, 0.29) is 15.8 Å². The quantitative estimate of drug-likeness (QED) is 0.732. The number of hydrogen-bond acceptors (Lipinski definition) is 5. The highest BCUT2D eigenvalue weighted by molar-refractivity contribution is 7.92. The van der Waals surface area contributed by atoms with Crippen molar-refractivity contribution in [3.63, 3.8) is 0 Å². The van der Waals surface area contributed by atoms with E-state index in [1.165, 1.54) is 12.1 Å². The van der Waals surface area contributed by atoms with Gasteiger partial charge in [0.1, 0.15) is 4.90 Å². The van der Waals surface area contributed by atoms with Crippen LogP contribution in [0, 0.1) is 0 Å². The van der Waals surface area contributed by atoms with Crippen LogP contribution in [0.1, 0.15) is 29.6 Å². The van der Waals surface area contributed by atoms with Gasteiger partial charge in [0, 0.05) is 31.7 Å². The molecule has 166 valence electrons. The molecule has 9 heteroatoms. The summed E-state index contributed by atoms with van der Waals surface area (Å²) in [6, 6.07) is 11.7. The Hall–Kier alpha value is -2.29. The Balaban J connectivity index is 1.61. The normalized spacial score (nSPS) is 17.5. The number of benzene rings is 2. The molecule has 7 nitrogen and oxygen atoms in total. The molecule has 2 aliphatic heterocycles. The molecule has 0 unspecified atom stereocenters. The van der Waals surface area contributed by atoms with E-state index in [0.717, 1.165) is 24.9 Å². The van der Waals surface area contributed by atoms with E-state index in [9.17, 15) is 13.2 Å². The lowest BCUT2D eigenvalue weighted by Crippen LogP contribution is -2.36. The van der Waals surface area contributed by atoms with Crippen LogP contribution in [0.3, 0.4) is 0 Å². The van der Waals surface area contributed by atoms with E-state index in [2.05, 4.69) is 9.62 Å². The lowest BCUT2D eigenvalue weighted by atomic mass is 10.1. The standard InChI is InChI=1S/C22H26ClN3O4S/c23-18-9-8-17(22(27)26-10-4-1-5-11-26)16-21(18)31(28,29)24-19-6-2-3-7-20(19)25-12-14-30-15-13-25/h2-3,6-9,16,24H,1,4-5,10-15H2. The SMILES string of the molecule is O=C(c1ccc(Cl)c(S(=O)(=O)Nc2ccccc2N2CCOCC2)c1)N1CCCCC1. The summed E-state index contributed by atoms with van der Waals surface area (Å²) in [4.78, 5) is 16.6. The summed E-state index contributed by atoms with van der Waals surface area (Å²) >= 11 is 6.25. The summed E-state index contributed by atoms with van der Waals surface area (Å²) < 4.78 is 34.6. The zero-order valence-corrected chi connectivity index (χ0v) is 18.8. The van der Waals surface area contributed by atoms with Crippen LogP contribution in [0.2, 0.25) is 5.02 Å². The van der Waals surface area contributed by atoms with Crippen LogP contribution < -0.4 is 9.62 Å². The number of anilines is 2. The number of para-hydroxylation sites is 2. The first-order chi connectivity index (χ1) is 15.0. The third-order valence-electron chi connectivity index (χ3n) is 5.61. The van der Waals surface area contributed by atoms with Crippen LogP contribution in [0.4, 0.5) is 11.4 Å². The van der Waals surface area contributed by atoms with Crippen molar-refractivity contribution in [1.29, 1.82) is 0 Å². The molecule has 0 aromatic heterocycles. The van der Waals surface area contributed by atoms with Gasteiger partial charge in [0.2, 0.25) is 0 Å². The van der Waals surface area contributed by atoms with Gasteiger partial charge >= 0.3 is 0 Å². The summed E-state index contributed by atoms with van der Waals surface area (Å²) in [6.45, 7) is 3.92.